The number of nitriles is 2. The van der Waals surface area contributed by atoms with Gasteiger partial charge in [-0.1, -0.05) is 26.8 Å². The smallest absolute Gasteiger partial charge is 0.130 e. The van der Waals surface area contributed by atoms with Crippen LogP contribution in [0.2, 0.25) is 0 Å². The molecule has 0 radical (unpaired) electrons. The lowest BCUT2D eigenvalue weighted by molar-refractivity contribution is 0.0780. The first kappa shape index (κ1) is 19.5. The largest absolute Gasteiger partial charge is 0.493 e. The van der Waals surface area contributed by atoms with Gasteiger partial charge in [0.2, 0.25) is 0 Å². The van der Waals surface area contributed by atoms with Crippen molar-refractivity contribution in [3.8, 4) is 17.9 Å². The first-order valence-electron chi connectivity index (χ1n) is 10.3. The molecule has 0 saturated heterocycles. The molecular weight excluding hydrogens is 332 g/mol. The van der Waals surface area contributed by atoms with Crippen molar-refractivity contribution < 1.29 is 4.74 Å². The van der Waals surface area contributed by atoms with Crippen molar-refractivity contribution in [3.63, 3.8) is 0 Å². The predicted molar refractivity (Wildman–Crippen MR) is 108 cm³/mol. The zero-order valence-corrected chi connectivity index (χ0v) is 16.8. The fourth-order valence-electron chi connectivity index (χ4n) is 5.64. The Morgan fingerprint density at radius 2 is 1.81 bits per heavy atom. The van der Waals surface area contributed by atoms with Gasteiger partial charge in [0.05, 0.1) is 6.61 Å². The third-order valence-corrected chi connectivity index (χ3v) is 6.25. The number of hydrogen-bond donors (Lipinski definition) is 0. The van der Waals surface area contributed by atoms with Crippen LogP contribution in [0.3, 0.4) is 0 Å². The van der Waals surface area contributed by atoms with Crippen molar-refractivity contribution in [1.29, 1.82) is 10.5 Å². The van der Waals surface area contributed by atoms with Crippen LogP contribution in [0.25, 0.3) is 6.08 Å². The first-order chi connectivity index (χ1) is 13.0. The highest BCUT2D eigenvalue weighted by Gasteiger charge is 2.45. The number of benzene rings is 1. The molecule has 2 bridgehead atoms. The second kappa shape index (κ2) is 8.18. The van der Waals surface area contributed by atoms with E-state index in [0.717, 1.165) is 35.5 Å². The topological polar surface area (TPSA) is 56.8 Å². The maximum Gasteiger partial charge on any atom is 0.130 e. The normalized spacial score (nSPS) is 29.3. The number of allylic oxidation sites excluding steroid dienone is 1. The summed E-state index contributed by atoms with van der Waals surface area (Å²) in [6.07, 6.45) is 9.04. The SMILES string of the molecule is CCCOc1ccc(C23CC(C)CC(CC(C)C2)C3)cc1C=C(C#N)C#N. The van der Waals surface area contributed by atoms with Gasteiger partial charge in [-0.05, 0) is 85.5 Å². The number of fused-ring (bicyclic) bond motifs is 2. The highest BCUT2D eigenvalue weighted by molar-refractivity contribution is 5.67. The lowest BCUT2D eigenvalue weighted by Crippen LogP contribution is -2.42. The van der Waals surface area contributed by atoms with Crippen molar-refractivity contribution >= 4 is 6.08 Å². The van der Waals surface area contributed by atoms with Crippen LogP contribution in [-0.4, -0.2) is 6.61 Å². The lowest BCUT2D eigenvalue weighted by Gasteiger charge is -2.50. The lowest BCUT2D eigenvalue weighted by atomic mass is 9.54. The summed E-state index contributed by atoms with van der Waals surface area (Å²) in [6, 6.07) is 10.4. The van der Waals surface area contributed by atoms with Crippen LogP contribution in [0.5, 0.6) is 5.75 Å². The molecular formula is C24H30N2O. The number of ether oxygens (including phenoxy) is 1. The molecule has 0 aromatic heterocycles. The minimum Gasteiger partial charge on any atom is -0.493 e. The molecule has 2 atom stereocenters. The highest BCUT2D eigenvalue weighted by Crippen LogP contribution is 2.54. The zero-order valence-electron chi connectivity index (χ0n) is 16.8. The molecule has 2 unspecified atom stereocenters. The van der Waals surface area contributed by atoms with E-state index >= 15 is 0 Å². The molecule has 3 rings (SSSR count). The maximum atomic E-state index is 9.20. The van der Waals surface area contributed by atoms with E-state index in [4.69, 9.17) is 4.74 Å². The Kier molecular flexibility index (Phi) is 5.91. The average molecular weight is 363 g/mol. The van der Waals surface area contributed by atoms with E-state index in [2.05, 4.69) is 32.9 Å². The Morgan fingerprint density at radius 1 is 1.15 bits per heavy atom. The van der Waals surface area contributed by atoms with Crippen LogP contribution < -0.4 is 4.74 Å². The molecule has 2 fully saturated rings. The van der Waals surface area contributed by atoms with Crippen LogP contribution in [0.15, 0.2) is 23.8 Å². The number of hydrogen-bond acceptors (Lipinski definition) is 3. The van der Waals surface area contributed by atoms with Crippen LogP contribution in [-0.2, 0) is 5.41 Å². The highest BCUT2D eigenvalue weighted by atomic mass is 16.5. The summed E-state index contributed by atoms with van der Waals surface area (Å²) in [4.78, 5) is 0. The van der Waals surface area contributed by atoms with Gasteiger partial charge in [0.25, 0.3) is 0 Å². The Hall–Kier alpha value is -2.26. The monoisotopic (exact) mass is 362 g/mol. The summed E-state index contributed by atoms with van der Waals surface area (Å²) in [5, 5.41) is 18.4. The van der Waals surface area contributed by atoms with Gasteiger partial charge in [-0.25, -0.2) is 0 Å². The minimum atomic E-state index is 0.123. The van der Waals surface area contributed by atoms with Crippen LogP contribution >= 0.6 is 0 Å². The summed E-state index contributed by atoms with van der Waals surface area (Å²) in [5.41, 5.74) is 2.57. The van der Waals surface area contributed by atoms with Crippen LogP contribution in [0, 0.1) is 40.4 Å². The average Bonchev–Trinajstić information content (AvgIpc) is 2.63. The molecule has 1 aromatic carbocycles. The zero-order chi connectivity index (χ0) is 19.4. The maximum absolute atomic E-state index is 9.20. The van der Waals surface area contributed by atoms with E-state index in [1.165, 1.54) is 37.7 Å². The molecule has 0 amide bonds. The van der Waals surface area contributed by atoms with Crippen molar-refractivity contribution in [2.24, 2.45) is 17.8 Å². The molecule has 1 aromatic rings. The molecule has 2 aliphatic carbocycles. The Labute approximate surface area is 163 Å². The molecule has 27 heavy (non-hydrogen) atoms. The van der Waals surface area contributed by atoms with E-state index in [9.17, 15) is 10.5 Å². The molecule has 0 spiro atoms. The van der Waals surface area contributed by atoms with Crippen LogP contribution in [0.4, 0.5) is 0 Å². The van der Waals surface area contributed by atoms with Crippen molar-refractivity contribution in [3.05, 3.63) is 34.9 Å². The molecule has 0 aliphatic heterocycles. The minimum absolute atomic E-state index is 0.123. The first-order valence-corrected chi connectivity index (χ1v) is 10.3. The van der Waals surface area contributed by atoms with Crippen molar-refractivity contribution in [2.75, 3.05) is 6.61 Å². The van der Waals surface area contributed by atoms with Gasteiger partial charge in [0.1, 0.15) is 23.5 Å². The van der Waals surface area contributed by atoms with E-state index < -0.39 is 0 Å². The summed E-state index contributed by atoms with van der Waals surface area (Å²) in [7, 11) is 0. The van der Waals surface area contributed by atoms with Crippen molar-refractivity contribution in [1.82, 2.24) is 0 Å². The van der Waals surface area contributed by atoms with Gasteiger partial charge in [-0.3, -0.25) is 0 Å². The van der Waals surface area contributed by atoms with E-state index in [-0.39, 0.29) is 11.0 Å². The quantitative estimate of drug-likeness (QED) is 0.603. The van der Waals surface area contributed by atoms with Gasteiger partial charge < -0.3 is 4.74 Å². The molecule has 0 N–H and O–H groups in total. The summed E-state index contributed by atoms with van der Waals surface area (Å²) in [5.74, 6) is 3.09. The standard InChI is InChI=1S/C24H30N2O/c1-4-7-27-23-6-5-22(11-21(23)10-20(15-25)16-26)24-12-17(2)8-19(14-24)9-18(3)13-24/h5-6,10-11,17-19H,4,7-9,12-14H2,1-3H3. The Bertz CT molecular complexity index is 760. The third kappa shape index (κ3) is 4.19. The summed E-state index contributed by atoms with van der Waals surface area (Å²) >= 11 is 0. The fourth-order valence-corrected chi connectivity index (χ4v) is 5.64. The molecule has 2 saturated carbocycles. The molecule has 3 nitrogen and oxygen atoms in total. The molecule has 0 heterocycles. The number of rotatable bonds is 5. The Morgan fingerprint density at radius 3 is 2.41 bits per heavy atom. The van der Waals surface area contributed by atoms with Crippen molar-refractivity contribution in [2.45, 2.75) is 64.7 Å². The summed E-state index contributed by atoms with van der Waals surface area (Å²) in [6.45, 7) is 7.49. The molecule has 2 aliphatic rings. The Balaban J connectivity index is 2.04. The van der Waals surface area contributed by atoms with E-state index in [1.54, 1.807) is 6.08 Å². The number of nitrogens with zero attached hydrogens (tertiary/aromatic N) is 2. The molecule has 3 heteroatoms. The van der Waals surface area contributed by atoms with Gasteiger partial charge in [0.15, 0.2) is 0 Å². The van der Waals surface area contributed by atoms with E-state index in [1.807, 2.05) is 18.2 Å². The van der Waals surface area contributed by atoms with Gasteiger partial charge in [0, 0.05) is 5.56 Å². The van der Waals surface area contributed by atoms with E-state index in [0.29, 0.717) is 6.61 Å². The second-order valence-electron chi connectivity index (χ2n) is 8.82. The fraction of sp³-hybridized carbons (Fsp3) is 0.583. The summed E-state index contributed by atoms with van der Waals surface area (Å²) < 4.78 is 5.90. The van der Waals surface area contributed by atoms with Gasteiger partial charge in [-0.15, -0.1) is 0 Å². The third-order valence-electron chi connectivity index (χ3n) is 6.25. The van der Waals surface area contributed by atoms with Gasteiger partial charge in [-0.2, -0.15) is 10.5 Å². The second-order valence-corrected chi connectivity index (χ2v) is 8.82. The van der Waals surface area contributed by atoms with Crippen LogP contribution in [0.1, 0.15) is 70.4 Å². The molecule has 142 valence electrons. The predicted octanol–water partition coefficient (Wildman–Crippen LogP) is 6.01. The van der Waals surface area contributed by atoms with Gasteiger partial charge >= 0.3 is 0 Å².